The van der Waals surface area contributed by atoms with Gasteiger partial charge in [0.05, 0.1) is 5.41 Å². The minimum absolute atomic E-state index is 0.203. The maximum absolute atomic E-state index is 11.5. The largest absolute Gasteiger partial charge is 0.481 e. The number of piperidine rings is 1. The molecule has 0 bridgehead atoms. The number of likely N-dealkylation sites (tertiary alicyclic amines) is 1. The molecule has 1 fully saturated rings. The normalized spacial score (nSPS) is 20.2. The SMILES string of the molecule is CCC1(C(=O)O)CCN(C(C)c2ccc(Br)cc2Cl)CC1. The summed E-state index contributed by atoms with van der Waals surface area (Å²) in [5.74, 6) is -0.654. The number of carboxylic acid groups (broad SMARTS) is 1. The molecule has 0 spiro atoms. The van der Waals surface area contributed by atoms with Crippen molar-refractivity contribution in [3.63, 3.8) is 0 Å². The molecule has 116 valence electrons. The van der Waals surface area contributed by atoms with Gasteiger partial charge in [-0.1, -0.05) is 40.5 Å². The fourth-order valence-corrected chi connectivity index (χ4v) is 3.93. The van der Waals surface area contributed by atoms with Crippen molar-refractivity contribution in [2.24, 2.45) is 5.41 Å². The summed E-state index contributed by atoms with van der Waals surface area (Å²) >= 11 is 9.74. The van der Waals surface area contributed by atoms with E-state index in [2.05, 4.69) is 27.8 Å². The van der Waals surface area contributed by atoms with Crippen LogP contribution in [0.4, 0.5) is 0 Å². The highest BCUT2D eigenvalue weighted by Gasteiger charge is 2.40. The number of nitrogens with zero attached hydrogens (tertiary/aromatic N) is 1. The highest BCUT2D eigenvalue weighted by atomic mass is 79.9. The Morgan fingerprint density at radius 1 is 1.48 bits per heavy atom. The Bertz CT molecular complexity index is 527. The summed E-state index contributed by atoms with van der Waals surface area (Å²) in [5.41, 5.74) is 0.555. The predicted octanol–water partition coefficient (Wildman–Crippen LogP) is 4.74. The molecule has 1 atom stereocenters. The Kier molecular flexibility index (Phi) is 5.33. The zero-order valence-corrected chi connectivity index (χ0v) is 14.7. The highest BCUT2D eigenvalue weighted by molar-refractivity contribution is 9.10. The molecule has 1 saturated heterocycles. The lowest BCUT2D eigenvalue weighted by Crippen LogP contribution is -2.44. The number of carboxylic acids is 1. The third-order valence-electron chi connectivity index (χ3n) is 4.85. The van der Waals surface area contributed by atoms with Crippen molar-refractivity contribution in [3.05, 3.63) is 33.3 Å². The summed E-state index contributed by atoms with van der Waals surface area (Å²) in [6, 6.07) is 6.14. The zero-order valence-electron chi connectivity index (χ0n) is 12.4. The highest BCUT2D eigenvalue weighted by Crippen LogP contribution is 2.39. The van der Waals surface area contributed by atoms with Gasteiger partial charge in [0, 0.05) is 15.5 Å². The average molecular weight is 375 g/mol. The van der Waals surface area contributed by atoms with E-state index in [0.717, 1.165) is 28.1 Å². The minimum Gasteiger partial charge on any atom is -0.481 e. The first-order valence-corrected chi connectivity index (χ1v) is 8.49. The van der Waals surface area contributed by atoms with Gasteiger partial charge in [-0.15, -0.1) is 0 Å². The van der Waals surface area contributed by atoms with Gasteiger partial charge >= 0.3 is 5.97 Å². The number of hydrogen-bond donors (Lipinski definition) is 1. The molecule has 5 heteroatoms. The van der Waals surface area contributed by atoms with Crippen molar-refractivity contribution in [2.75, 3.05) is 13.1 Å². The molecule has 2 rings (SSSR count). The maximum Gasteiger partial charge on any atom is 0.309 e. The van der Waals surface area contributed by atoms with E-state index in [9.17, 15) is 9.90 Å². The Morgan fingerprint density at radius 3 is 2.57 bits per heavy atom. The Hall–Kier alpha value is -0.580. The fourth-order valence-electron chi connectivity index (χ4n) is 3.10. The third kappa shape index (κ3) is 3.43. The first-order valence-electron chi connectivity index (χ1n) is 7.32. The van der Waals surface area contributed by atoms with E-state index >= 15 is 0 Å². The van der Waals surface area contributed by atoms with Gasteiger partial charge in [-0.25, -0.2) is 0 Å². The van der Waals surface area contributed by atoms with Gasteiger partial charge < -0.3 is 5.11 Å². The summed E-state index contributed by atoms with van der Waals surface area (Å²) in [6.45, 7) is 5.70. The average Bonchev–Trinajstić information content (AvgIpc) is 2.46. The second-order valence-electron chi connectivity index (χ2n) is 5.82. The second-order valence-corrected chi connectivity index (χ2v) is 7.14. The van der Waals surface area contributed by atoms with E-state index in [1.807, 2.05) is 25.1 Å². The summed E-state index contributed by atoms with van der Waals surface area (Å²) in [5, 5.41) is 10.2. The predicted molar refractivity (Wildman–Crippen MR) is 88.7 cm³/mol. The Labute approximate surface area is 139 Å². The van der Waals surface area contributed by atoms with Crippen LogP contribution >= 0.6 is 27.5 Å². The molecule has 3 nitrogen and oxygen atoms in total. The van der Waals surface area contributed by atoms with E-state index < -0.39 is 11.4 Å². The van der Waals surface area contributed by atoms with E-state index in [0.29, 0.717) is 19.3 Å². The standard InChI is InChI=1S/C16H21BrClNO2/c1-3-16(15(20)21)6-8-19(9-7-16)11(2)13-5-4-12(17)10-14(13)18/h4-5,10-11H,3,6-9H2,1-2H3,(H,20,21). The molecule has 21 heavy (non-hydrogen) atoms. The molecular formula is C16H21BrClNO2. The molecule has 0 aliphatic carbocycles. The van der Waals surface area contributed by atoms with Crippen LogP contribution in [0.3, 0.4) is 0 Å². The quantitative estimate of drug-likeness (QED) is 0.827. The Morgan fingerprint density at radius 2 is 2.10 bits per heavy atom. The van der Waals surface area contributed by atoms with Gasteiger partial charge in [-0.05, 0) is 57.0 Å². The number of halogens is 2. The Balaban J connectivity index is 2.09. The van der Waals surface area contributed by atoms with E-state index in [1.165, 1.54) is 0 Å². The smallest absolute Gasteiger partial charge is 0.309 e. The maximum atomic E-state index is 11.5. The van der Waals surface area contributed by atoms with Crippen molar-refractivity contribution >= 4 is 33.5 Å². The van der Waals surface area contributed by atoms with Crippen LogP contribution in [-0.2, 0) is 4.79 Å². The molecule has 0 radical (unpaired) electrons. The van der Waals surface area contributed by atoms with Crippen LogP contribution in [-0.4, -0.2) is 29.1 Å². The number of carbonyl (C=O) groups is 1. The molecule has 1 unspecified atom stereocenters. The molecule has 1 aromatic carbocycles. The fraction of sp³-hybridized carbons (Fsp3) is 0.562. The van der Waals surface area contributed by atoms with Crippen LogP contribution in [0.25, 0.3) is 0 Å². The molecular weight excluding hydrogens is 354 g/mol. The van der Waals surface area contributed by atoms with E-state index in [-0.39, 0.29) is 6.04 Å². The van der Waals surface area contributed by atoms with Gasteiger partial charge in [0.2, 0.25) is 0 Å². The number of rotatable bonds is 4. The molecule has 1 aromatic rings. The molecule has 1 N–H and O–H groups in total. The van der Waals surface area contributed by atoms with E-state index in [4.69, 9.17) is 11.6 Å². The first kappa shape index (κ1) is 16.8. The van der Waals surface area contributed by atoms with Crippen molar-refractivity contribution in [3.8, 4) is 0 Å². The van der Waals surface area contributed by atoms with Gasteiger partial charge in [0.25, 0.3) is 0 Å². The van der Waals surface area contributed by atoms with Crippen LogP contribution in [0.15, 0.2) is 22.7 Å². The lowest BCUT2D eigenvalue weighted by Gasteiger charge is -2.41. The summed E-state index contributed by atoms with van der Waals surface area (Å²) in [7, 11) is 0. The van der Waals surface area contributed by atoms with Crippen molar-refractivity contribution < 1.29 is 9.90 Å². The topological polar surface area (TPSA) is 40.5 Å². The van der Waals surface area contributed by atoms with Crippen molar-refractivity contribution in [1.82, 2.24) is 4.90 Å². The van der Waals surface area contributed by atoms with Gasteiger partial charge in [-0.2, -0.15) is 0 Å². The third-order valence-corrected chi connectivity index (χ3v) is 5.67. The summed E-state index contributed by atoms with van der Waals surface area (Å²) in [6.07, 6.45) is 2.11. The molecule has 0 aromatic heterocycles. The van der Waals surface area contributed by atoms with Crippen molar-refractivity contribution in [1.29, 1.82) is 0 Å². The van der Waals surface area contributed by atoms with Crippen LogP contribution < -0.4 is 0 Å². The zero-order chi connectivity index (χ0) is 15.6. The first-order chi connectivity index (χ1) is 9.89. The number of benzene rings is 1. The van der Waals surface area contributed by atoms with Crippen LogP contribution in [0, 0.1) is 5.41 Å². The second kappa shape index (κ2) is 6.67. The number of hydrogen-bond acceptors (Lipinski definition) is 2. The van der Waals surface area contributed by atoms with Crippen LogP contribution in [0.2, 0.25) is 5.02 Å². The van der Waals surface area contributed by atoms with Gasteiger partial charge in [0.15, 0.2) is 0 Å². The van der Waals surface area contributed by atoms with Gasteiger partial charge in [-0.3, -0.25) is 9.69 Å². The lowest BCUT2D eigenvalue weighted by atomic mass is 9.76. The lowest BCUT2D eigenvalue weighted by molar-refractivity contribution is -0.152. The molecule has 1 aliphatic rings. The minimum atomic E-state index is -0.654. The molecule has 1 aliphatic heterocycles. The van der Waals surface area contributed by atoms with E-state index in [1.54, 1.807) is 0 Å². The van der Waals surface area contributed by atoms with Crippen molar-refractivity contribution in [2.45, 2.75) is 39.2 Å². The van der Waals surface area contributed by atoms with Crippen LogP contribution in [0.1, 0.15) is 44.7 Å². The van der Waals surface area contributed by atoms with Crippen LogP contribution in [0.5, 0.6) is 0 Å². The molecule has 1 heterocycles. The summed E-state index contributed by atoms with van der Waals surface area (Å²) in [4.78, 5) is 13.8. The molecule has 0 saturated carbocycles. The van der Waals surface area contributed by atoms with Gasteiger partial charge in [0.1, 0.15) is 0 Å². The number of aliphatic carboxylic acids is 1. The summed E-state index contributed by atoms with van der Waals surface area (Å²) < 4.78 is 0.970. The molecule has 0 amide bonds. The monoisotopic (exact) mass is 373 g/mol.